The molecule has 1 aromatic carbocycles. The lowest BCUT2D eigenvalue weighted by atomic mass is 9.79. The Morgan fingerprint density at radius 2 is 1.37 bits per heavy atom. The maximum atomic E-state index is 14.0. The van der Waals surface area contributed by atoms with Gasteiger partial charge in [0.25, 0.3) is 0 Å². The summed E-state index contributed by atoms with van der Waals surface area (Å²) in [6, 6.07) is -5.50. The monoisotopic (exact) mass is 837 g/mol. The molecule has 0 saturated carbocycles. The van der Waals surface area contributed by atoms with Gasteiger partial charge in [-0.2, -0.15) is 0 Å². The van der Waals surface area contributed by atoms with Crippen molar-refractivity contribution in [3.8, 4) is 0 Å². The molecule has 13 N–H and O–H groups in total. The quantitative estimate of drug-likeness (QED) is 0.103. The Bertz CT molecular complexity index is 1670. The number of likely N-dealkylation sites (N-methyl/N-ethyl adjacent to an activating group) is 1. The van der Waals surface area contributed by atoms with Crippen LogP contribution >= 0.6 is 0 Å². The highest BCUT2D eigenvalue weighted by Gasteiger charge is 2.46. The number of carbonyl (C=O) groups is 7. The summed E-state index contributed by atoms with van der Waals surface area (Å²) in [5.74, 6) is -7.11. The van der Waals surface area contributed by atoms with Crippen LogP contribution < -0.4 is 32.0 Å². The van der Waals surface area contributed by atoms with Crippen LogP contribution in [0.1, 0.15) is 65.0 Å². The highest BCUT2D eigenvalue weighted by molar-refractivity contribution is 6.58. The average molecular weight is 838 g/mol. The first-order valence-electron chi connectivity index (χ1n) is 19.2. The molecule has 2 saturated heterocycles. The summed E-state index contributed by atoms with van der Waals surface area (Å²) < 4.78 is 0. The lowest BCUT2D eigenvalue weighted by molar-refractivity contribution is -0.147. The first-order valence-corrected chi connectivity index (χ1v) is 19.2. The molecule has 328 valence electrons. The zero-order valence-corrected chi connectivity index (χ0v) is 33.4. The number of hydrogen-bond donors (Lipinski definition) is 13. The van der Waals surface area contributed by atoms with E-state index in [0.29, 0.717) is 6.42 Å². The molecular weight excluding hydrogens is 781 g/mol. The second-order valence-corrected chi connectivity index (χ2v) is 14.9. The van der Waals surface area contributed by atoms with E-state index in [0.717, 1.165) is 23.6 Å². The maximum absolute atomic E-state index is 14.0. The number of nitrogens with zero attached hydrogens (tertiary/aromatic N) is 2. The van der Waals surface area contributed by atoms with Crippen molar-refractivity contribution < 1.29 is 74.2 Å². The summed E-state index contributed by atoms with van der Waals surface area (Å²) in [5, 5.41) is 96.1. The molecule has 0 spiro atoms. The summed E-state index contributed by atoms with van der Waals surface area (Å²) >= 11 is 0. The van der Waals surface area contributed by atoms with Gasteiger partial charge in [-0.3, -0.25) is 33.6 Å². The van der Waals surface area contributed by atoms with Gasteiger partial charge in [-0.25, -0.2) is 0 Å². The lowest BCUT2D eigenvalue weighted by Crippen LogP contribution is -2.64. The molecule has 12 atom stereocenters. The Morgan fingerprint density at radius 1 is 0.814 bits per heavy atom. The third-order valence-corrected chi connectivity index (χ3v) is 10.2. The van der Waals surface area contributed by atoms with Crippen molar-refractivity contribution in [1.29, 1.82) is 0 Å². The molecule has 0 aliphatic carbocycles. The van der Waals surface area contributed by atoms with Crippen molar-refractivity contribution in [1.82, 2.24) is 36.4 Å². The number of rotatable bonds is 9. The number of amides is 7. The minimum absolute atomic E-state index is 0.00847. The van der Waals surface area contributed by atoms with Gasteiger partial charge >= 0.3 is 7.12 Å². The Kier molecular flexibility index (Phi) is 17.7. The Morgan fingerprint density at radius 3 is 1.93 bits per heavy atom. The van der Waals surface area contributed by atoms with E-state index in [2.05, 4.69) is 26.6 Å². The third-order valence-electron chi connectivity index (χ3n) is 10.2. The number of aliphatic hydroxyl groups excluding tert-OH is 6. The van der Waals surface area contributed by atoms with Crippen molar-refractivity contribution in [3.05, 3.63) is 29.8 Å². The van der Waals surface area contributed by atoms with Gasteiger partial charge in [0.05, 0.1) is 24.4 Å². The van der Waals surface area contributed by atoms with Crippen molar-refractivity contribution in [3.63, 3.8) is 0 Å². The molecule has 59 heavy (non-hydrogen) atoms. The minimum Gasteiger partial charge on any atom is -0.423 e. The largest absolute Gasteiger partial charge is 0.488 e. The predicted octanol–water partition coefficient (Wildman–Crippen LogP) is -7.05. The molecular formula is C36H56BN7O15. The topological polar surface area (TPSA) is 348 Å². The molecule has 22 nitrogen and oxygen atoms in total. The van der Waals surface area contributed by atoms with Gasteiger partial charge in [0.2, 0.25) is 41.4 Å². The van der Waals surface area contributed by atoms with Gasteiger partial charge in [-0.15, -0.1) is 0 Å². The van der Waals surface area contributed by atoms with Crippen LogP contribution in [0, 0.1) is 0 Å². The van der Waals surface area contributed by atoms with Crippen LogP contribution in [0.2, 0.25) is 0 Å². The van der Waals surface area contributed by atoms with Crippen LogP contribution in [0.3, 0.4) is 0 Å². The second kappa shape index (κ2) is 21.5. The van der Waals surface area contributed by atoms with Crippen LogP contribution in [0.25, 0.3) is 0 Å². The second-order valence-electron chi connectivity index (χ2n) is 14.9. The first-order chi connectivity index (χ1) is 27.6. The van der Waals surface area contributed by atoms with E-state index in [1.807, 2.05) is 0 Å². The van der Waals surface area contributed by atoms with E-state index >= 15 is 0 Å². The Balaban J connectivity index is 2.13. The number of hydrogen-bond acceptors (Lipinski definition) is 15. The zero-order valence-electron chi connectivity index (χ0n) is 33.4. The van der Waals surface area contributed by atoms with Crippen molar-refractivity contribution in [2.24, 2.45) is 0 Å². The van der Waals surface area contributed by atoms with Crippen LogP contribution in [0.15, 0.2) is 24.3 Å². The number of aliphatic hydroxyl groups is 6. The molecule has 23 heteroatoms. The summed E-state index contributed by atoms with van der Waals surface area (Å²) in [6.07, 6.45) is -11.0. The molecule has 7 amide bonds. The highest BCUT2D eigenvalue weighted by atomic mass is 16.4. The third kappa shape index (κ3) is 12.6. The normalized spacial score (nSPS) is 29.1. The minimum atomic E-state index is -2.25. The van der Waals surface area contributed by atoms with Crippen molar-refractivity contribution in [2.45, 2.75) is 126 Å². The molecule has 3 rings (SSSR count). The Labute approximate surface area is 340 Å². The highest BCUT2D eigenvalue weighted by Crippen LogP contribution is 2.23. The van der Waals surface area contributed by atoms with E-state index in [1.54, 1.807) is 6.92 Å². The van der Waals surface area contributed by atoms with E-state index in [9.17, 15) is 74.2 Å². The maximum Gasteiger partial charge on any atom is 0.488 e. The van der Waals surface area contributed by atoms with E-state index < -0.39 is 147 Å². The SMILES string of the molecule is CCCC(=O)N[C@H]1C[C@@H](O)CNC(=O)[C@H](C)N(C)C(=O)[C@H]([C@@H](C)O)NC(=O)[C@H]([C@H](O)[C@@H](O)c2ccc(B(O)O)cc2)NC(=O)[C@@H]2C[C@@H](O)CN2C(=O)[C@H]([C@@H](C)O)NC1=O. The fraction of sp³-hybridized carbons (Fsp3) is 0.639. The molecule has 2 fully saturated rings. The number of carbonyl (C=O) groups excluding carboxylic acids is 7. The molecule has 2 heterocycles. The van der Waals surface area contributed by atoms with Gasteiger partial charge in [0.1, 0.15) is 48.5 Å². The van der Waals surface area contributed by atoms with Gasteiger partial charge in [-0.1, -0.05) is 31.2 Å². The first kappa shape index (κ1) is 48.6. The smallest absolute Gasteiger partial charge is 0.423 e. The van der Waals surface area contributed by atoms with Gasteiger partial charge in [0.15, 0.2) is 0 Å². The number of nitrogens with one attached hydrogen (secondary N) is 5. The van der Waals surface area contributed by atoms with Crippen LogP contribution in [0.4, 0.5) is 0 Å². The number of β-amino-alcohol motifs (C(OH)–C–C–N with tert-alkyl or cyclic N) is 1. The summed E-state index contributed by atoms with van der Waals surface area (Å²) in [4.78, 5) is 96.8. The molecule has 0 unspecified atom stereocenters. The summed E-state index contributed by atoms with van der Waals surface area (Å²) in [6.45, 7) is 4.25. The van der Waals surface area contributed by atoms with Gasteiger partial charge in [0, 0.05) is 39.4 Å². The van der Waals surface area contributed by atoms with Crippen LogP contribution in [-0.4, -0.2) is 186 Å². The summed E-state index contributed by atoms with van der Waals surface area (Å²) in [5.41, 5.74) is -0.0684. The molecule has 0 bridgehead atoms. The van der Waals surface area contributed by atoms with Crippen LogP contribution in [0.5, 0.6) is 0 Å². The summed E-state index contributed by atoms with van der Waals surface area (Å²) in [7, 11) is -0.712. The number of benzene rings is 1. The van der Waals surface area contributed by atoms with E-state index in [4.69, 9.17) is 0 Å². The lowest BCUT2D eigenvalue weighted by Gasteiger charge is -2.34. The van der Waals surface area contributed by atoms with Gasteiger partial charge < -0.3 is 77.1 Å². The van der Waals surface area contributed by atoms with E-state index in [-0.39, 0.29) is 17.4 Å². The predicted molar refractivity (Wildman–Crippen MR) is 205 cm³/mol. The van der Waals surface area contributed by atoms with Gasteiger partial charge in [-0.05, 0) is 38.2 Å². The molecule has 2 aliphatic heterocycles. The molecule has 0 aromatic heterocycles. The Hall–Kier alpha value is -4.75. The van der Waals surface area contributed by atoms with Crippen LogP contribution in [-0.2, 0) is 33.6 Å². The standard InChI is InChI=1S/C36H56BN7O15/c1-6-7-25(49)39-23-12-21(47)14-38-31(52)16(2)43(5)35(56)26(17(3)45)41-34(55)28(30(51)29(50)19-8-10-20(11-9-19)37(58)59)42-33(54)24-13-22(48)15-44(24)36(57)27(18(4)46)40-32(23)53/h8-11,16-18,21-24,26-30,45-48,50-51,58-59H,6-7,12-15H2,1-5H3,(H,38,52)(H,39,49)(H,40,53)(H,41,55)(H,42,54)/t16-,17+,18+,21+,22+,23-,24-,26-,27-,28-,29-,30-/m0/s1. The zero-order chi connectivity index (χ0) is 44.5. The van der Waals surface area contributed by atoms with Crippen molar-refractivity contribution in [2.75, 3.05) is 20.1 Å². The fourth-order valence-electron chi connectivity index (χ4n) is 6.59. The average Bonchev–Trinajstić information content (AvgIpc) is 3.58. The molecule has 1 aromatic rings. The van der Waals surface area contributed by atoms with Crippen molar-refractivity contribution >= 4 is 53.9 Å². The van der Waals surface area contributed by atoms with E-state index in [1.165, 1.54) is 38.2 Å². The molecule has 0 radical (unpaired) electrons. The fourth-order valence-corrected chi connectivity index (χ4v) is 6.59. The molecule has 2 aliphatic rings. The number of fused-ring (bicyclic) bond motifs is 1.